The van der Waals surface area contributed by atoms with E-state index >= 15 is 0 Å². The molecule has 0 saturated heterocycles. The Hall–Kier alpha value is -3.59. The molecule has 1 aliphatic carbocycles. The van der Waals surface area contributed by atoms with Gasteiger partial charge in [0, 0.05) is 22.3 Å². The smallest absolute Gasteiger partial charge is 0.194 e. The molecule has 3 aromatic rings. The first-order valence-corrected chi connectivity index (χ1v) is 8.91. The summed E-state index contributed by atoms with van der Waals surface area (Å²) in [4.78, 5) is 22.6. The first-order valence-electron chi connectivity index (χ1n) is 8.91. The second kappa shape index (κ2) is 5.99. The lowest BCUT2D eigenvalue weighted by Gasteiger charge is -2.21. The number of carbonyl (C=O) groups is 1. The molecule has 128 valence electrons. The fourth-order valence-corrected chi connectivity index (χ4v) is 3.73. The Morgan fingerprint density at radius 2 is 1.15 bits per heavy atom. The monoisotopic (exact) mass is 348 g/mol. The highest BCUT2D eigenvalue weighted by Crippen LogP contribution is 2.39. The molecule has 1 aliphatic heterocycles. The molecule has 0 aromatic heterocycles. The maximum absolute atomic E-state index is 12.9. The molecule has 1 heterocycles. The molecule has 0 N–H and O–H groups in total. The Morgan fingerprint density at radius 3 is 1.74 bits per heavy atom. The standard InChI is InChI=1S/C24H16N2O/c1-15-22(16-9-3-2-4-10-16)26-24(25-15)21-17-11-5-7-13-19(17)23(27)20-14-8-6-12-18(20)21/h2-14H,1H3. The Morgan fingerprint density at radius 1 is 0.630 bits per heavy atom. The lowest BCUT2D eigenvalue weighted by Crippen LogP contribution is -2.14. The van der Waals surface area contributed by atoms with E-state index in [0.29, 0.717) is 16.9 Å². The van der Waals surface area contributed by atoms with E-state index in [1.807, 2.05) is 85.8 Å². The molecule has 0 bridgehead atoms. The highest BCUT2D eigenvalue weighted by Gasteiger charge is 2.30. The Kier molecular flexibility index (Phi) is 3.47. The average Bonchev–Trinajstić information content (AvgIpc) is 3.10. The van der Waals surface area contributed by atoms with Crippen molar-refractivity contribution in [3.05, 3.63) is 113 Å². The summed E-state index contributed by atoms with van der Waals surface area (Å²) in [5.74, 6) is 0.718. The molecule has 5 rings (SSSR count). The predicted molar refractivity (Wildman–Crippen MR) is 108 cm³/mol. The summed E-state index contributed by atoms with van der Waals surface area (Å²) in [6, 6.07) is 25.5. The first kappa shape index (κ1) is 15.6. The van der Waals surface area contributed by atoms with Crippen LogP contribution in [-0.2, 0) is 0 Å². The molecule has 27 heavy (non-hydrogen) atoms. The molecule has 3 nitrogen and oxygen atoms in total. The van der Waals surface area contributed by atoms with Crippen LogP contribution in [0.5, 0.6) is 0 Å². The van der Waals surface area contributed by atoms with Gasteiger partial charge in [-0.25, -0.2) is 9.98 Å². The number of aliphatic imine (C=N–C) groups is 2. The van der Waals surface area contributed by atoms with E-state index in [1.54, 1.807) is 0 Å². The van der Waals surface area contributed by atoms with Gasteiger partial charge in [0.15, 0.2) is 11.6 Å². The molecular weight excluding hydrogens is 332 g/mol. The molecule has 0 radical (unpaired) electrons. The number of ketones is 1. The Labute approximate surface area is 157 Å². The third kappa shape index (κ3) is 2.40. The summed E-state index contributed by atoms with van der Waals surface area (Å²) in [5, 5.41) is 0. The van der Waals surface area contributed by atoms with Crippen molar-refractivity contribution in [3.63, 3.8) is 0 Å². The van der Waals surface area contributed by atoms with Crippen molar-refractivity contribution in [1.82, 2.24) is 0 Å². The maximum atomic E-state index is 12.9. The lowest BCUT2D eigenvalue weighted by molar-refractivity contribution is 0.103. The van der Waals surface area contributed by atoms with Gasteiger partial charge >= 0.3 is 0 Å². The molecule has 0 fully saturated rings. The van der Waals surface area contributed by atoms with E-state index in [9.17, 15) is 4.79 Å². The summed E-state index contributed by atoms with van der Waals surface area (Å²) >= 11 is 0. The van der Waals surface area contributed by atoms with Gasteiger partial charge in [0.05, 0.1) is 11.4 Å². The van der Waals surface area contributed by atoms with Crippen LogP contribution in [-0.4, -0.2) is 17.2 Å². The SMILES string of the molecule is CC1=NC(=C2c3ccccc3C(=O)c3ccccc32)N=C1c1ccccc1. The number of carbonyl (C=O) groups excluding carboxylic acids is 1. The van der Waals surface area contributed by atoms with E-state index in [4.69, 9.17) is 9.98 Å². The number of hydrogen-bond donors (Lipinski definition) is 0. The van der Waals surface area contributed by atoms with Crippen molar-refractivity contribution in [1.29, 1.82) is 0 Å². The van der Waals surface area contributed by atoms with Crippen LogP contribution in [0.15, 0.2) is 94.7 Å². The van der Waals surface area contributed by atoms with Crippen molar-refractivity contribution in [2.45, 2.75) is 6.92 Å². The second-order valence-corrected chi connectivity index (χ2v) is 6.64. The van der Waals surface area contributed by atoms with Crippen LogP contribution in [0.25, 0.3) is 5.57 Å². The van der Waals surface area contributed by atoms with Crippen LogP contribution in [0.3, 0.4) is 0 Å². The summed E-state index contributed by atoms with van der Waals surface area (Å²) < 4.78 is 0. The number of hydrogen-bond acceptors (Lipinski definition) is 3. The zero-order chi connectivity index (χ0) is 18.4. The molecule has 3 heteroatoms. The van der Waals surface area contributed by atoms with Crippen molar-refractivity contribution in [2.75, 3.05) is 0 Å². The summed E-state index contributed by atoms with van der Waals surface area (Å²) in [7, 11) is 0. The van der Waals surface area contributed by atoms with Gasteiger partial charge in [0.1, 0.15) is 0 Å². The van der Waals surface area contributed by atoms with E-state index in [0.717, 1.165) is 33.7 Å². The maximum Gasteiger partial charge on any atom is 0.194 e. The minimum atomic E-state index is 0.0523. The van der Waals surface area contributed by atoms with Crippen molar-refractivity contribution in [3.8, 4) is 0 Å². The van der Waals surface area contributed by atoms with E-state index < -0.39 is 0 Å². The number of nitrogens with zero attached hydrogens (tertiary/aromatic N) is 2. The Balaban J connectivity index is 1.80. The van der Waals surface area contributed by atoms with Crippen LogP contribution in [0.2, 0.25) is 0 Å². The summed E-state index contributed by atoms with van der Waals surface area (Å²) in [6.45, 7) is 1.98. The molecule has 0 saturated carbocycles. The Bertz CT molecular complexity index is 1130. The van der Waals surface area contributed by atoms with Gasteiger partial charge < -0.3 is 0 Å². The third-order valence-corrected chi connectivity index (χ3v) is 4.99. The van der Waals surface area contributed by atoms with Crippen molar-refractivity contribution >= 4 is 22.8 Å². The number of fused-ring (bicyclic) bond motifs is 2. The third-order valence-electron chi connectivity index (χ3n) is 4.99. The zero-order valence-electron chi connectivity index (χ0n) is 14.8. The van der Waals surface area contributed by atoms with Gasteiger partial charge in [-0.3, -0.25) is 4.79 Å². The highest BCUT2D eigenvalue weighted by molar-refractivity contribution is 6.49. The van der Waals surface area contributed by atoms with Crippen LogP contribution in [0.4, 0.5) is 0 Å². The van der Waals surface area contributed by atoms with Gasteiger partial charge in [0.2, 0.25) is 0 Å². The van der Waals surface area contributed by atoms with Crippen LogP contribution >= 0.6 is 0 Å². The van der Waals surface area contributed by atoms with Gasteiger partial charge in [-0.15, -0.1) is 0 Å². The van der Waals surface area contributed by atoms with Gasteiger partial charge in [0.25, 0.3) is 0 Å². The minimum Gasteiger partial charge on any atom is -0.289 e. The minimum absolute atomic E-state index is 0.0523. The topological polar surface area (TPSA) is 41.8 Å². The van der Waals surface area contributed by atoms with Crippen molar-refractivity contribution in [2.24, 2.45) is 9.98 Å². The van der Waals surface area contributed by atoms with E-state index in [-0.39, 0.29) is 5.78 Å². The number of rotatable bonds is 1. The largest absolute Gasteiger partial charge is 0.289 e. The summed E-state index contributed by atoms with van der Waals surface area (Å²) in [6.07, 6.45) is 0. The van der Waals surface area contributed by atoms with Crippen molar-refractivity contribution < 1.29 is 4.79 Å². The van der Waals surface area contributed by atoms with Gasteiger partial charge in [-0.1, -0.05) is 78.9 Å². The molecule has 3 aromatic carbocycles. The fourth-order valence-electron chi connectivity index (χ4n) is 3.73. The molecule has 2 aliphatic rings. The summed E-state index contributed by atoms with van der Waals surface area (Å²) in [5.41, 5.74) is 6.93. The van der Waals surface area contributed by atoms with Gasteiger partial charge in [-0.2, -0.15) is 0 Å². The zero-order valence-corrected chi connectivity index (χ0v) is 14.8. The van der Waals surface area contributed by atoms with Crippen LogP contribution in [0, 0.1) is 0 Å². The molecule has 0 spiro atoms. The second-order valence-electron chi connectivity index (χ2n) is 6.64. The number of benzene rings is 3. The molecule has 0 atom stereocenters. The average molecular weight is 348 g/mol. The van der Waals surface area contributed by atoms with Crippen LogP contribution < -0.4 is 0 Å². The predicted octanol–water partition coefficient (Wildman–Crippen LogP) is 4.91. The van der Waals surface area contributed by atoms with Crippen LogP contribution in [0.1, 0.15) is 39.5 Å². The first-order chi connectivity index (χ1) is 13.2. The van der Waals surface area contributed by atoms with Gasteiger partial charge in [-0.05, 0) is 18.1 Å². The lowest BCUT2D eigenvalue weighted by atomic mass is 9.81. The normalized spacial score (nSPS) is 15.2. The molecule has 0 unspecified atom stereocenters. The quantitative estimate of drug-likeness (QED) is 0.482. The molecule has 0 amide bonds. The van der Waals surface area contributed by atoms with E-state index in [2.05, 4.69) is 0 Å². The van der Waals surface area contributed by atoms with E-state index in [1.165, 1.54) is 0 Å². The highest BCUT2D eigenvalue weighted by atomic mass is 16.1. The molecular formula is C24H16N2O. The fraction of sp³-hybridized carbons (Fsp3) is 0.0417.